The molecule has 1 aliphatic carbocycles. The second-order valence-electron chi connectivity index (χ2n) is 5.84. The van der Waals surface area contributed by atoms with Gasteiger partial charge in [0.15, 0.2) is 5.84 Å². The van der Waals surface area contributed by atoms with E-state index in [9.17, 15) is 0 Å². The maximum Gasteiger partial charge on any atom is 0.171 e. The number of anilines is 1. The Labute approximate surface area is 135 Å². The van der Waals surface area contributed by atoms with Gasteiger partial charge in [-0.15, -0.1) is 0 Å². The average Bonchev–Trinajstić information content (AvgIpc) is 2.53. The summed E-state index contributed by atoms with van der Waals surface area (Å²) in [5.74, 6) is 1.03. The van der Waals surface area contributed by atoms with E-state index >= 15 is 0 Å². The normalized spacial score (nSPS) is 23.1. The molecule has 0 atom stereocenters. The molecule has 0 spiro atoms. The molecular formula is C16H24BrN3O. The molecular weight excluding hydrogens is 330 g/mol. The fourth-order valence-corrected chi connectivity index (χ4v) is 3.71. The van der Waals surface area contributed by atoms with Gasteiger partial charge in [0.25, 0.3) is 0 Å². The lowest BCUT2D eigenvalue weighted by Gasteiger charge is -2.36. The second-order valence-corrected chi connectivity index (χ2v) is 6.70. The summed E-state index contributed by atoms with van der Waals surface area (Å²) in [6.07, 6.45) is 6.48. The summed E-state index contributed by atoms with van der Waals surface area (Å²) in [5.41, 5.74) is 7.53. The van der Waals surface area contributed by atoms with E-state index in [1.54, 1.807) is 0 Å². The summed E-state index contributed by atoms with van der Waals surface area (Å²) in [6.45, 7) is 2.29. The smallest absolute Gasteiger partial charge is 0.171 e. The van der Waals surface area contributed by atoms with Crippen molar-refractivity contribution in [1.29, 1.82) is 0 Å². The van der Waals surface area contributed by atoms with Gasteiger partial charge < -0.3 is 15.8 Å². The van der Waals surface area contributed by atoms with Crippen molar-refractivity contribution in [3.8, 4) is 0 Å². The number of nitrogens with two attached hydrogens (primary N) is 1. The minimum atomic E-state index is 0.125. The molecule has 1 aromatic rings. The molecule has 0 amide bonds. The number of halogens is 1. The van der Waals surface area contributed by atoms with Crippen LogP contribution in [-0.4, -0.2) is 24.1 Å². The number of amidine groups is 1. The van der Waals surface area contributed by atoms with Gasteiger partial charge in [0.05, 0.1) is 0 Å². The Hall–Kier alpha value is -1.23. The van der Waals surface area contributed by atoms with Gasteiger partial charge in [-0.3, -0.25) is 0 Å². The minimum Gasteiger partial charge on any atom is -0.409 e. The van der Waals surface area contributed by atoms with E-state index in [-0.39, 0.29) is 5.84 Å². The molecule has 4 nitrogen and oxygen atoms in total. The van der Waals surface area contributed by atoms with Crippen molar-refractivity contribution < 1.29 is 5.21 Å². The van der Waals surface area contributed by atoms with Gasteiger partial charge in [-0.1, -0.05) is 18.5 Å². The Morgan fingerprint density at radius 3 is 2.57 bits per heavy atom. The predicted molar refractivity (Wildman–Crippen MR) is 91.1 cm³/mol. The van der Waals surface area contributed by atoms with Crippen LogP contribution in [0.4, 0.5) is 5.69 Å². The highest BCUT2D eigenvalue weighted by molar-refractivity contribution is 9.10. The first kappa shape index (κ1) is 16.1. The molecule has 1 aromatic carbocycles. The zero-order valence-corrected chi connectivity index (χ0v) is 14.3. The van der Waals surface area contributed by atoms with Gasteiger partial charge in [-0.2, -0.15) is 0 Å². The Morgan fingerprint density at radius 2 is 2.05 bits per heavy atom. The molecule has 1 saturated carbocycles. The van der Waals surface area contributed by atoms with E-state index in [1.165, 1.54) is 32.1 Å². The number of hydrogen-bond donors (Lipinski definition) is 2. The zero-order valence-electron chi connectivity index (χ0n) is 12.7. The summed E-state index contributed by atoms with van der Waals surface area (Å²) < 4.78 is 0.851. The molecule has 0 aromatic heterocycles. The van der Waals surface area contributed by atoms with Crippen molar-refractivity contribution in [3.05, 3.63) is 28.2 Å². The molecule has 1 aliphatic rings. The highest BCUT2D eigenvalue weighted by atomic mass is 79.9. The Morgan fingerprint density at radius 1 is 1.38 bits per heavy atom. The number of hydrogen-bond acceptors (Lipinski definition) is 3. The highest BCUT2D eigenvalue weighted by Gasteiger charge is 2.23. The van der Waals surface area contributed by atoms with Gasteiger partial charge in [0, 0.05) is 28.8 Å². The van der Waals surface area contributed by atoms with Crippen LogP contribution >= 0.6 is 15.9 Å². The van der Waals surface area contributed by atoms with E-state index < -0.39 is 0 Å². The van der Waals surface area contributed by atoms with Gasteiger partial charge >= 0.3 is 0 Å². The molecule has 0 radical (unpaired) electrons. The quantitative estimate of drug-likeness (QED) is 0.373. The van der Waals surface area contributed by atoms with E-state index in [1.807, 2.05) is 18.2 Å². The van der Waals surface area contributed by atoms with Crippen LogP contribution in [0.15, 0.2) is 27.8 Å². The number of rotatable bonds is 4. The maximum atomic E-state index is 8.77. The van der Waals surface area contributed by atoms with Crippen molar-refractivity contribution in [3.63, 3.8) is 0 Å². The number of benzene rings is 1. The third kappa shape index (κ3) is 3.70. The molecule has 2 rings (SSSR count). The van der Waals surface area contributed by atoms with E-state index in [2.05, 4.69) is 40.0 Å². The second kappa shape index (κ2) is 7.16. The monoisotopic (exact) mass is 353 g/mol. The van der Waals surface area contributed by atoms with Crippen LogP contribution < -0.4 is 10.6 Å². The van der Waals surface area contributed by atoms with Crippen LogP contribution in [0.3, 0.4) is 0 Å². The van der Waals surface area contributed by atoms with E-state index in [0.29, 0.717) is 11.6 Å². The third-order valence-corrected chi connectivity index (χ3v) is 5.34. The molecule has 5 heteroatoms. The Kier molecular flexibility index (Phi) is 5.51. The highest BCUT2D eigenvalue weighted by Crippen LogP contribution is 2.32. The average molecular weight is 354 g/mol. The predicted octanol–water partition coefficient (Wildman–Crippen LogP) is 3.95. The molecule has 0 saturated heterocycles. The first-order valence-corrected chi connectivity index (χ1v) is 8.36. The van der Waals surface area contributed by atoms with Crippen LogP contribution in [0.2, 0.25) is 0 Å². The summed E-state index contributed by atoms with van der Waals surface area (Å²) >= 11 is 3.50. The van der Waals surface area contributed by atoms with Crippen molar-refractivity contribution in [1.82, 2.24) is 0 Å². The minimum absolute atomic E-state index is 0.125. The van der Waals surface area contributed by atoms with E-state index in [0.717, 1.165) is 16.1 Å². The van der Waals surface area contributed by atoms with Crippen LogP contribution in [0, 0.1) is 5.92 Å². The first-order valence-electron chi connectivity index (χ1n) is 7.57. The molecule has 116 valence electrons. The fraction of sp³-hybridized carbons (Fsp3) is 0.562. The van der Waals surface area contributed by atoms with Crippen LogP contribution in [-0.2, 0) is 0 Å². The Bertz CT molecular complexity index is 510. The molecule has 0 bridgehead atoms. The van der Waals surface area contributed by atoms with Crippen LogP contribution in [0.25, 0.3) is 0 Å². The van der Waals surface area contributed by atoms with Crippen LogP contribution in [0.5, 0.6) is 0 Å². The van der Waals surface area contributed by atoms with Crippen molar-refractivity contribution >= 4 is 27.5 Å². The van der Waals surface area contributed by atoms with E-state index in [4.69, 9.17) is 10.9 Å². The maximum absolute atomic E-state index is 8.77. The topological polar surface area (TPSA) is 61.8 Å². The van der Waals surface area contributed by atoms with Crippen LogP contribution in [0.1, 0.15) is 44.6 Å². The van der Waals surface area contributed by atoms with Crippen molar-refractivity contribution in [2.24, 2.45) is 16.8 Å². The lowest BCUT2D eigenvalue weighted by Crippen LogP contribution is -2.35. The van der Waals surface area contributed by atoms with Gasteiger partial charge in [-0.25, -0.2) is 0 Å². The summed E-state index contributed by atoms with van der Waals surface area (Å²) in [5, 5.41) is 11.8. The SMILES string of the molecule is CCC1CCC(N(C)c2ccc(/C(N)=N/O)c(Br)c2)CC1. The zero-order chi connectivity index (χ0) is 15.4. The number of oxime groups is 1. The molecule has 0 aliphatic heterocycles. The lowest BCUT2D eigenvalue weighted by molar-refractivity contribution is 0.313. The van der Waals surface area contributed by atoms with Gasteiger partial charge in [0.1, 0.15) is 0 Å². The number of nitrogens with zero attached hydrogens (tertiary/aromatic N) is 2. The molecule has 0 unspecified atom stereocenters. The summed E-state index contributed by atoms with van der Waals surface area (Å²) in [4.78, 5) is 2.35. The molecule has 21 heavy (non-hydrogen) atoms. The first-order chi connectivity index (χ1) is 10.1. The largest absolute Gasteiger partial charge is 0.409 e. The standard InChI is InChI=1S/C16H24BrN3O/c1-3-11-4-6-12(7-5-11)20(2)13-8-9-14(15(17)10-13)16(18)19-21/h8-12,21H,3-7H2,1-2H3,(H2,18,19). The van der Waals surface area contributed by atoms with Crippen molar-refractivity contribution in [2.75, 3.05) is 11.9 Å². The van der Waals surface area contributed by atoms with Gasteiger partial charge in [-0.05, 0) is 65.7 Å². The lowest BCUT2D eigenvalue weighted by atomic mass is 9.84. The summed E-state index contributed by atoms with van der Waals surface area (Å²) in [6, 6.07) is 6.57. The Balaban J connectivity index is 2.10. The molecule has 0 heterocycles. The third-order valence-electron chi connectivity index (χ3n) is 4.68. The van der Waals surface area contributed by atoms with Crippen molar-refractivity contribution in [2.45, 2.75) is 45.1 Å². The molecule has 3 N–H and O–H groups in total. The molecule has 1 fully saturated rings. The van der Waals surface area contributed by atoms with Gasteiger partial charge in [0.2, 0.25) is 0 Å². The fourth-order valence-electron chi connectivity index (χ4n) is 3.14. The summed E-state index contributed by atoms with van der Waals surface area (Å²) in [7, 11) is 2.15.